The second-order valence-corrected chi connectivity index (χ2v) is 4.74. The molecule has 2 N–H and O–H groups in total. The molecule has 1 aromatic rings. The zero-order valence-electron chi connectivity index (χ0n) is 9.96. The lowest BCUT2D eigenvalue weighted by molar-refractivity contribution is -0.275. The van der Waals surface area contributed by atoms with E-state index >= 15 is 0 Å². The SMILES string of the molecule is NCC1(c2ccccc2OC(F)(F)F)CCCC1. The van der Waals surface area contributed by atoms with Gasteiger partial charge in [0.2, 0.25) is 0 Å². The van der Waals surface area contributed by atoms with Gasteiger partial charge in [0.15, 0.2) is 0 Å². The van der Waals surface area contributed by atoms with Crippen LogP contribution < -0.4 is 10.5 Å². The van der Waals surface area contributed by atoms with E-state index in [1.807, 2.05) is 0 Å². The molecule has 0 aliphatic heterocycles. The normalized spacial score (nSPS) is 18.9. The first kappa shape index (κ1) is 13.2. The number of benzene rings is 1. The number of halogens is 3. The monoisotopic (exact) mass is 259 g/mol. The fourth-order valence-electron chi connectivity index (χ4n) is 2.75. The van der Waals surface area contributed by atoms with Gasteiger partial charge in [0.25, 0.3) is 0 Å². The van der Waals surface area contributed by atoms with E-state index in [-0.39, 0.29) is 11.2 Å². The van der Waals surface area contributed by atoms with Crippen LogP contribution >= 0.6 is 0 Å². The molecule has 18 heavy (non-hydrogen) atoms. The lowest BCUT2D eigenvalue weighted by Gasteiger charge is -2.29. The summed E-state index contributed by atoms with van der Waals surface area (Å²) in [4.78, 5) is 0. The maximum atomic E-state index is 12.4. The molecule has 1 aliphatic carbocycles. The van der Waals surface area contributed by atoms with Gasteiger partial charge in [0, 0.05) is 17.5 Å². The van der Waals surface area contributed by atoms with Gasteiger partial charge in [-0.2, -0.15) is 0 Å². The first-order chi connectivity index (χ1) is 8.47. The molecule has 100 valence electrons. The zero-order valence-corrected chi connectivity index (χ0v) is 9.96. The third kappa shape index (κ3) is 2.61. The van der Waals surface area contributed by atoms with Crippen molar-refractivity contribution in [3.05, 3.63) is 29.8 Å². The van der Waals surface area contributed by atoms with E-state index in [4.69, 9.17) is 5.73 Å². The summed E-state index contributed by atoms with van der Waals surface area (Å²) in [5.41, 5.74) is 6.02. The summed E-state index contributed by atoms with van der Waals surface area (Å²) in [6.07, 6.45) is -1.02. The van der Waals surface area contributed by atoms with Crippen molar-refractivity contribution >= 4 is 0 Å². The van der Waals surface area contributed by atoms with Crippen LogP contribution in [0.25, 0.3) is 0 Å². The van der Waals surface area contributed by atoms with Crippen molar-refractivity contribution in [3.63, 3.8) is 0 Å². The Hall–Kier alpha value is -1.23. The lowest BCUT2D eigenvalue weighted by atomic mass is 9.78. The maximum absolute atomic E-state index is 12.4. The van der Waals surface area contributed by atoms with Crippen LogP contribution in [-0.4, -0.2) is 12.9 Å². The van der Waals surface area contributed by atoms with Crippen LogP contribution in [0.15, 0.2) is 24.3 Å². The minimum Gasteiger partial charge on any atom is -0.405 e. The van der Waals surface area contributed by atoms with Gasteiger partial charge in [-0.3, -0.25) is 0 Å². The summed E-state index contributed by atoms with van der Waals surface area (Å²) in [6, 6.07) is 6.33. The molecule has 0 atom stereocenters. The highest BCUT2D eigenvalue weighted by atomic mass is 19.4. The molecule has 2 nitrogen and oxygen atoms in total. The topological polar surface area (TPSA) is 35.2 Å². The molecule has 1 saturated carbocycles. The second kappa shape index (κ2) is 4.80. The average molecular weight is 259 g/mol. The molecule has 1 aromatic carbocycles. The summed E-state index contributed by atoms with van der Waals surface area (Å²) in [5.74, 6) is -0.114. The smallest absolute Gasteiger partial charge is 0.405 e. The van der Waals surface area contributed by atoms with Gasteiger partial charge < -0.3 is 10.5 Å². The molecule has 2 rings (SSSR count). The Morgan fingerprint density at radius 2 is 1.78 bits per heavy atom. The van der Waals surface area contributed by atoms with E-state index in [0.717, 1.165) is 25.7 Å². The quantitative estimate of drug-likeness (QED) is 0.903. The third-order valence-electron chi connectivity index (χ3n) is 3.64. The van der Waals surface area contributed by atoms with Gasteiger partial charge >= 0.3 is 6.36 Å². The van der Waals surface area contributed by atoms with Gasteiger partial charge in [-0.05, 0) is 18.9 Å². The molecular formula is C13H16F3NO. The molecule has 5 heteroatoms. The first-order valence-electron chi connectivity index (χ1n) is 6.02. The Kier molecular flexibility index (Phi) is 3.52. The third-order valence-corrected chi connectivity index (χ3v) is 3.64. The molecule has 1 aliphatic rings. The average Bonchev–Trinajstić information content (AvgIpc) is 2.77. The highest BCUT2D eigenvalue weighted by molar-refractivity contribution is 5.41. The van der Waals surface area contributed by atoms with Crippen LogP contribution in [0.1, 0.15) is 31.2 Å². The van der Waals surface area contributed by atoms with E-state index in [1.165, 1.54) is 6.07 Å². The molecule has 0 unspecified atom stereocenters. The number of ether oxygens (including phenoxy) is 1. The van der Waals surface area contributed by atoms with Crippen molar-refractivity contribution < 1.29 is 17.9 Å². The largest absolute Gasteiger partial charge is 0.573 e. The van der Waals surface area contributed by atoms with Crippen molar-refractivity contribution in [2.24, 2.45) is 5.73 Å². The molecule has 0 bridgehead atoms. The Bertz CT molecular complexity index is 411. The Morgan fingerprint density at radius 3 is 2.33 bits per heavy atom. The highest BCUT2D eigenvalue weighted by Gasteiger charge is 2.39. The minimum absolute atomic E-state index is 0.114. The molecule has 0 spiro atoms. The summed E-state index contributed by atoms with van der Waals surface area (Å²) in [7, 11) is 0. The van der Waals surface area contributed by atoms with E-state index in [2.05, 4.69) is 4.74 Å². The van der Waals surface area contributed by atoms with E-state index < -0.39 is 6.36 Å². The van der Waals surface area contributed by atoms with Crippen LogP contribution in [0.4, 0.5) is 13.2 Å². The van der Waals surface area contributed by atoms with Gasteiger partial charge in [-0.15, -0.1) is 13.2 Å². The van der Waals surface area contributed by atoms with E-state index in [1.54, 1.807) is 18.2 Å². The molecule has 0 heterocycles. The van der Waals surface area contributed by atoms with Gasteiger partial charge in [-0.25, -0.2) is 0 Å². The van der Waals surface area contributed by atoms with Crippen LogP contribution in [0.3, 0.4) is 0 Å². The van der Waals surface area contributed by atoms with Crippen molar-refractivity contribution in [1.29, 1.82) is 0 Å². The first-order valence-corrected chi connectivity index (χ1v) is 6.02. The van der Waals surface area contributed by atoms with E-state index in [9.17, 15) is 13.2 Å². The maximum Gasteiger partial charge on any atom is 0.573 e. The number of hydrogen-bond donors (Lipinski definition) is 1. The fourth-order valence-corrected chi connectivity index (χ4v) is 2.75. The fraction of sp³-hybridized carbons (Fsp3) is 0.538. The zero-order chi connectivity index (χ0) is 13.2. The number of hydrogen-bond acceptors (Lipinski definition) is 2. The molecule has 0 amide bonds. The predicted molar refractivity (Wildman–Crippen MR) is 62.3 cm³/mol. The molecule has 0 radical (unpaired) electrons. The van der Waals surface area contributed by atoms with Crippen LogP contribution in [0, 0.1) is 0 Å². The Labute approximate surface area is 104 Å². The number of alkyl halides is 3. The highest BCUT2D eigenvalue weighted by Crippen LogP contribution is 2.44. The Morgan fingerprint density at radius 1 is 1.17 bits per heavy atom. The van der Waals surface area contributed by atoms with Gasteiger partial charge in [0.05, 0.1) is 0 Å². The van der Waals surface area contributed by atoms with Gasteiger partial charge in [-0.1, -0.05) is 31.0 Å². The second-order valence-electron chi connectivity index (χ2n) is 4.74. The molecule has 0 aromatic heterocycles. The molecule has 0 saturated heterocycles. The summed E-state index contributed by atoms with van der Waals surface area (Å²) in [5, 5.41) is 0. The van der Waals surface area contributed by atoms with Crippen LogP contribution in [0.5, 0.6) is 5.75 Å². The van der Waals surface area contributed by atoms with Crippen molar-refractivity contribution in [3.8, 4) is 5.75 Å². The number of rotatable bonds is 3. The van der Waals surface area contributed by atoms with Crippen molar-refractivity contribution in [2.75, 3.05) is 6.54 Å². The van der Waals surface area contributed by atoms with Crippen LogP contribution in [0.2, 0.25) is 0 Å². The number of nitrogens with two attached hydrogens (primary N) is 1. The van der Waals surface area contributed by atoms with Crippen LogP contribution in [-0.2, 0) is 5.41 Å². The van der Waals surface area contributed by atoms with Gasteiger partial charge in [0.1, 0.15) is 5.75 Å². The standard InChI is InChI=1S/C13H16F3NO/c14-13(15,16)18-11-6-2-1-5-10(11)12(9-17)7-3-4-8-12/h1-2,5-6H,3-4,7-9,17H2. The summed E-state index contributed by atoms with van der Waals surface area (Å²) < 4.78 is 41.3. The van der Waals surface area contributed by atoms with E-state index in [0.29, 0.717) is 12.1 Å². The Balaban J connectivity index is 2.37. The van der Waals surface area contributed by atoms with Crippen molar-refractivity contribution in [2.45, 2.75) is 37.5 Å². The molecular weight excluding hydrogens is 243 g/mol. The predicted octanol–water partition coefficient (Wildman–Crippen LogP) is 3.36. The summed E-state index contributed by atoms with van der Waals surface area (Å²) >= 11 is 0. The summed E-state index contributed by atoms with van der Waals surface area (Å²) in [6.45, 7) is 0.352. The van der Waals surface area contributed by atoms with Crippen molar-refractivity contribution in [1.82, 2.24) is 0 Å². The minimum atomic E-state index is -4.66. The number of para-hydroxylation sites is 1. The molecule has 1 fully saturated rings. The lowest BCUT2D eigenvalue weighted by Crippen LogP contribution is -2.33.